The first-order chi connectivity index (χ1) is 7.74. The summed E-state index contributed by atoms with van der Waals surface area (Å²) in [5.41, 5.74) is 0. The van der Waals surface area contributed by atoms with Crippen LogP contribution >= 0.6 is 0 Å². The summed E-state index contributed by atoms with van der Waals surface area (Å²) in [6, 6.07) is -0.0526. The van der Waals surface area contributed by atoms with Crippen LogP contribution in [0.5, 0.6) is 0 Å². The fourth-order valence-corrected chi connectivity index (χ4v) is 2.33. The lowest BCUT2D eigenvalue weighted by Gasteiger charge is -2.18. The molecule has 1 unspecified atom stereocenters. The summed E-state index contributed by atoms with van der Waals surface area (Å²) in [5, 5.41) is 6.20. The van der Waals surface area contributed by atoms with E-state index in [1.807, 2.05) is 13.8 Å². The maximum absolute atomic E-state index is 11.5. The van der Waals surface area contributed by atoms with Crippen LogP contribution in [0.25, 0.3) is 0 Å². The normalized spacial score (nSPS) is 20.1. The smallest absolute Gasteiger partial charge is 0.236 e. The first-order valence-corrected chi connectivity index (χ1v) is 6.75. The lowest BCUT2D eigenvalue weighted by atomic mass is 10.0. The van der Waals surface area contributed by atoms with Crippen molar-refractivity contribution in [2.75, 3.05) is 13.1 Å². The summed E-state index contributed by atoms with van der Waals surface area (Å²) in [5.74, 6) is 0.899. The SMILES string of the molecule is CCNC(=O)C(C)NCC1CCCCCC1. The predicted molar refractivity (Wildman–Crippen MR) is 67.3 cm³/mol. The van der Waals surface area contributed by atoms with Crippen LogP contribution < -0.4 is 10.6 Å². The van der Waals surface area contributed by atoms with Crippen LogP contribution in [0.3, 0.4) is 0 Å². The fraction of sp³-hybridized carbons (Fsp3) is 0.923. The van der Waals surface area contributed by atoms with Gasteiger partial charge in [-0.2, -0.15) is 0 Å². The second-order valence-corrected chi connectivity index (χ2v) is 4.88. The first-order valence-electron chi connectivity index (χ1n) is 6.75. The molecular formula is C13H26N2O. The minimum Gasteiger partial charge on any atom is -0.355 e. The number of likely N-dealkylation sites (N-methyl/N-ethyl adjacent to an activating group) is 1. The van der Waals surface area contributed by atoms with Gasteiger partial charge in [-0.1, -0.05) is 25.7 Å². The van der Waals surface area contributed by atoms with Crippen molar-refractivity contribution in [3.05, 3.63) is 0 Å². The number of rotatable bonds is 5. The lowest BCUT2D eigenvalue weighted by Crippen LogP contribution is -2.43. The summed E-state index contributed by atoms with van der Waals surface area (Å²) in [7, 11) is 0. The zero-order valence-corrected chi connectivity index (χ0v) is 10.7. The molecule has 0 heterocycles. The molecule has 1 amide bonds. The molecule has 0 bridgehead atoms. The highest BCUT2D eigenvalue weighted by Gasteiger charge is 2.15. The number of amides is 1. The Morgan fingerprint density at radius 2 is 1.88 bits per heavy atom. The van der Waals surface area contributed by atoms with Crippen LogP contribution in [0.4, 0.5) is 0 Å². The van der Waals surface area contributed by atoms with Gasteiger partial charge in [-0.3, -0.25) is 4.79 Å². The molecule has 3 nitrogen and oxygen atoms in total. The zero-order chi connectivity index (χ0) is 11.8. The van der Waals surface area contributed by atoms with Crippen molar-refractivity contribution in [3.63, 3.8) is 0 Å². The Bertz CT molecular complexity index is 198. The highest BCUT2D eigenvalue weighted by molar-refractivity contribution is 5.81. The molecule has 1 aliphatic carbocycles. The van der Waals surface area contributed by atoms with Crippen LogP contribution in [0.2, 0.25) is 0 Å². The highest BCUT2D eigenvalue weighted by Crippen LogP contribution is 2.22. The second-order valence-electron chi connectivity index (χ2n) is 4.88. The molecule has 0 aromatic carbocycles. The third kappa shape index (κ3) is 4.97. The van der Waals surface area contributed by atoms with Gasteiger partial charge in [-0.05, 0) is 39.2 Å². The van der Waals surface area contributed by atoms with Gasteiger partial charge in [0.05, 0.1) is 6.04 Å². The Hall–Kier alpha value is -0.570. The average Bonchev–Trinajstić information content (AvgIpc) is 2.54. The Balaban J connectivity index is 2.19. The number of hydrogen-bond donors (Lipinski definition) is 2. The van der Waals surface area contributed by atoms with Crippen molar-refractivity contribution in [2.45, 2.75) is 58.4 Å². The van der Waals surface area contributed by atoms with E-state index in [0.717, 1.165) is 12.5 Å². The van der Waals surface area contributed by atoms with Crippen LogP contribution in [0.1, 0.15) is 52.4 Å². The maximum atomic E-state index is 11.5. The van der Waals surface area contributed by atoms with E-state index in [1.165, 1.54) is 38.5 Å². The number of nitrogens with one attached hydrogen (secondary N) is 2. The monoisotopic (exact) mass is 226 g/mol. The van der Waals surface area contributed by atoms with Gasteiger partial charge < -0.3 is 10.6 Å². The molecule has 0 spiro atoms. The molecule has 94 valence electrons. The molecule has 0 saturated heterocycles. The number of carbonyl (C=O) groups is 1. The maximum Gasteiger partial charge on any atom is 0.236 e. The topological polar surface area (TPSA) is 41.1 Å². The van der Waals surface area contributed by atoms with E-state index in [0.29, 0.717) is 6.54 Å². The van der Waals surface area contributed by atoms with Gasteiger partial charge >= 0.3 is 0 Å². The quantitative estimate of drug-likeness (QED) is 0.705. The van der Waals surface area contributed by atoms with Gasteiger partial charge in [0.15, 0.2) is 0 Å². The highest BCUT2D eigenvalue weighted by atomic mass is 16.2. The van der Waals surface area contributed by atoms with Crippen molar-refractivity contribution < 1.29 is 4.79 Å². The van der Waals surface area contributed by atoms with E-state index in [1.54, 1.807) is 0 Å². The summed E-state index contributed by atoms with van der Waals surface area (Å²) >= 11 is 0. The van der Waals surface area contributed by atoms with Gasteiger partial charge in [-0.25, -0.2) is 0 Å². The van der Waals surface area contributed by atoms with E-state index in [2.05, 4.69) is 10.6 Å². The number of carbonyl (C=O) groups excluding carboxylic acids is 1. The van der Waals surface area contributed by atoms with E-state index >= 15 is 0 Å². The van der Waals surface area contributed by atoms with Crippen molar-refractivity contribution in [2.24, 2.45) is 5.92 Å². The van der Waals surface area contributed by atoms with Crippen LogP contribution in [0, 0.1) is 5.92 Å². The van der Waals surface area contributed by atoms with Gasteiger partial charge in [-0.15, -0.1) is 0 Å². The molecule has 1 aliphatic rings. The van der Waals surface area contributed by atoms with Gasteiger partial charge in [0, 0.05) is 6.54 Å². The Labute approximate surface area is 99.4 Å². The Kier molecular flexibility index (Phi) is 6.46. The van der Waals surface area contributed by atoms with Crippen LogP contribution in [0.15, 0.2) is 0 Å². The Morgan fingerprint density at radius 1 is 1.25 bits per heavy atom. The summed E-state index contributed by atoms with van der Waals surface area (Å²) in [4.78, 5) is 11.5. The van der Waals surface area contributed by atoms with Crippen LogP contribution in [-0.2, 0) is 4.79 Å². The van der Waals surface area contributed by atoms with Crippen LogP contribution in [-0.4, -0.2) is 25.0 Å². The van der Waals surface area contributed by atoms with Crippen molar-refractivity contribution >= 4 is 5.91 Å². The second kappa shape index (κ2) is 7.66. The zero-order valence-electron chi connectivity index (χ0n) is 10.7. The minimum atomic E-state index is -0.0526. The predicted octanol–water partition coefficient (Wildman–Crippen LogP) is 2.07. The fourth-order valence-electron chi connectivity index (χ4n) is 2.33. The standard InChI is InChI=1S/C13H26N2O/c1-3-14-13(16)11(2)15-10-12-8-6-4-5-7-9-12/h11-12,15H,3-10H2,1-2H3,(H,14,16). The first kappa shape index (κ1) is 13.5. The van der Waals surface area contributed by atoms with Crippen molar-refractivity contribution in [1.29, 1.82) is 0 Å². The molecule has 0 aromatic heterocycles. The molecular weight excluding hydrogens is 200 g/mol. The van der Waals surface area contributed by atoms with Crippen molar-refractivity contribution in [1.82, 2.24) is 10.6 Å². The Morgan fingerprint density at radius 3 is 2.44 bits per heavy atom. The molecule has 1 saturated carbocycles. The van der Waals surface area contributed by atoms with Gasteiger partial charge in [0.25, 0.3) is 0 Å². The molecule has 2 N–H and O–H groups in total. The van der Waals surface area contributed by atoms with E-state index in [4.69, 9.17) is 0 Å². The van der Waals surface area contributed by atoms with Gasteiger partial charge in [0.1, 0.15) is 0 Å². The third-order valence-electron chi connectivity index (χ3n) is 3.43. The third-order valence-corrected chi connectivity index (χ3v) is 3.43. The molecule has 1 atom stereocenters. The van der Waals surface area contributed by atoms with E-state index in [9.17, 15) is 4.79 Å². The average molecular weight is 226 g/mol. The molecule has 0 aliphatic heterocycles. The van der Waals surface area contributed by atoms with Gasteiger partial charge in [0.2, 0.25) is 5.91 Å². The van der Waals surface area contributed by atoms with Crippen molar-refractivity contribution in [3.8, 4) is 0 Å². The van der Waals surface area contributed by atoms with E-state index < -0.39 is 0 Å². The molecule has 1 rings (SSSR count). The summed E-state index contributed by atoms with van der Waals surface area (Å²) < 4.78 is 0. The van der Waals surface area contributed by atoms with E-state index in [-0.39, 0.29) is 11.9 Å². The number of hydrogen-bond acceptors (Lipinski definition) is 2. The lowest BCUT2D eigenvalue weighted by molar-refractivity contribution is -0.122. The molecule has 16 heavy (non-hydrogen) atoms. The molecule has 0 radical (unpaired) electrons. The summed E-state index contributed by atoms with van der Waals surface area (Å²) in [6.07, 6.45) is 8.17. The molecule has 0 aromatic rings. The molecule has 3 heteroatoms. The minimum absolute atomic E-state index is 0.0526. The molecule has 1 fully saturated rings. The largest absolute Gasteiger partial charge is 0.355 e. The summed E-state index contributed by atoms with van der Waals surface area (Å²) in [6.45, 7) is 5.62.